The molecule has 4 heteroatoms. The standard InChI is InChI=1S/C6H16N2O.ClH/c1-4-8(5-2)6(3)9-7;/h6H,4-5,7H2,1-3H3;1H. The minimum absolute atomic E-state index is 0. The average molecular weight is 169 g/mol. The Labute approximate surface area is 68.9 Å². The summed E-state index contributed by atoms with van der Waals surface area (Å²) in [6, 6.07) is 0. The summed E-state index contributed by atoms with van der Waals surface area (Å²) in [7, 11) is 0. The highest BCUT2D eigenvalue weighted by Crippen LogP contribution is 1.95. The van der Waals surface area contributed by atoms with E-state index in [1.165, 1.54) is 0 Å². The van der Waals surface area contributed by atoms with Gasteiger partial charge in [-0.25, -0.2) is 5.90 Å². The molecule has 0 aliphatic carbocycles. The second-order valence-electron chi connectivity index (χ2n) is 1.96. The first kappa shape index (κ1) is 12.8. The second-order valence-corrected chi connectivity index (χ2v) is 1.96. The lowest BCUT2D eigenvalue weighted by Gasteiger charge is -2.23. The highest BCUT2D eigenvalue weighted by Gasteiger charge is 2.06. The van der Waals surface area contributed by atoms with E-state index in [9.17, 15) is 0 Å². The molecule has 0 heterocycles. The Bertz CT molecular complexity index is 68.8. The number of nitrogens with zero attached hydrogens (tertiary/aromatic N) is 1. The molecule has 0 aromatic carbocycles. The maximum absolute atomic E-state index is 4.98. The molecular formula is C6H17ClN2O. The van der Waals surface area contributed by atoms with Crippen LogP contribution in [0, 0.1) is 0 Å². The smallest absolute Gasteiger partial charge is 0.128 e. The lowest BCUT2D eigenvalue weighted by atomic mass is 10.5. The third kappa shape index (κ3) is 4.06. The van der Waals surface area contributed by atoms with Gasteiger partial charge in [-0.3, -0.25) is 9.74 Å². The van der Waals surface area contributed by atoms with Gasteiger partial charge in [-0.2, -0.15) is 0 Å². The van der Waals surface area contributed by atoms with E-state index in [4.69, 9.17) is 5.90 Å². The molecule has 0 aromatic heterocycles. The van der Waals surface area contributed by atoms with E-state index in [1.807, 2.05) is 6.92 Å². The van der Waals surface area contributed by atoms with Crippen molar-refractivity contribution in [3.05, 3.63) is 0 Å². The van der Waals surface area contributed by atoms with Gasteiger partial charge in [0.2, 0.25) is 0 Å². The molecule has 1 atom stereocenters. The molecule has 0 aliphatic heterocycles. The van der Waals surface area contributed by atoms with Crippen molar-refractivity contribution in [2.24, 2.45) is 5.90 Å². The summed E-state index contributed by atoms with van der Waals surface area (Å²) in [5.74, 6) is 4.98. The number of nitrogens with two attached hydrogens (primary N) is 1. The van der Waals surface area contributed by atoms with E-state index in [0.717, 1.165) is 13.1 Å². The van der Waals surface area contributed by atoms with Crippen LogP contribution in [0.2, 0.25) is 0 Å². The molecular weight excluding hydrogens is 152 g/mol. The fraction of sp³-hybridized carbons (Fsp3) is 1.00. The Morgan fingerprint density at radius 2 is 1.80 bits per heavy atom. The minimum Gasteiger partial charge on any atom is -0.286 e. The van der Waals surface area contributed by atoms with Gasteiger partial charge in [0.25, 0.3) is 0 Å². The van der Waals surface area contributed by atoms with Crippen molar-refractivity contribution in [1.82, 2.24) is 4.90 Å². The van der Waals surface area contributed by atoms with E-state index in [1.54, 1.807) is 0 Å². The molecule has 3 nitrogen and oxygen atoms in total. The van der Waals surface area contributed by atoms with Crippen molar-refractivity contribution in [3.8, 4) is 0 Å². The predicted octanol–water partition coefficient (Wildman–Crippen LogP) is 0.986. The van der Waals surface area contributed by atoms with Crippen molar-refractivity contribution in [2.75, 3.05) is 13.1 Å². The van der Waals surface area contributed by atoms with Crippen LogP contribution in [0.4, 0.5) is 0 Å². The summed E-state index contributed by atoms with van der Waals surface area (Å²) in [5, 5.41) is 0. The lowest BCUT2D eigenvalue weighted by molar-refractivity contribution is -0.0445. The third-order valence-corrected chi connectivity index (χ3v) is 1.52. The van der Waals surface area contributed by atoms with Crippen LogP contribution >= 0.6 is 12.4 Å². The van der Waals surface area contributed by atoms with Gasteiger partial charge >= 0.3 is 0 Å². The predicted molar refractivity (Wildman–Crippen MR) is 44.9 cm³/mol. The van der Waals surface area contributed by atoms with Gasteiger partial charge in [-0.15, -0.1) is 12.4 Å². The molecule has 0 saturated carbocycles. The Morgan fingerprint density at radius 3 is 1.90 bits per heavy atom. The molecule has 2 N–H and O–H groups in total. The van der Waals surface area contributed by atoms with Gasteiger partial charge in [0.1, 0.15) is 6.23 Å². The Balaban J connectivity index is 0. The van der Waals surface area contributed by atoms with Crippen molar-refractivity contribution in [2.45, 2.75) is 27.0 Å². The topological polar surface area (TPSA) is 38.5 Å². The largest absolute Gasteiger partial charge is 0.286 e. The first-order chi connectivity index (χ1) is 4.26. The molecule has 64 valence electrons. The van der Waals surface area contributed by atoms with Crippen LogP contribution in [0.5, 0.6) is 0 Å². The zero-order valence-electron chi connectivity index (χ0n) is 6.83. The molecule has 0 radical (unpaired) electrons. The average Bonchev–Trinajstić information content (AvgIpc) is 1.90. The zero-order valence-corrected chi connectivity index (χ0v) is 7.65. The van der Waals surface area contributed by atoms with Crippen LogP contribution in [0.3, 0.4) is 0 Å². The molecule has 0 rings (SSSR count). The van der Waals surface area contributed by atoms with E-state index in [-0.39, 0.29) is 18.6 Å². The van der Waals surface area contributed by atoms with Crippen molar-refractivity contribution in [3.63, 3.8) is 0 Å². The normalized spacial score (nSPS) is 12.9. The maximum atomic E-state index is 4.98. The van der Waals surface area contributed by atoms with Crippen molar-refractivity contribution < 1.29 is 4.84 Å². The van der Waals surface area contributed by atoms with Crippen molar-refractivity contribution >= 4 is 12.4 Å². The summed E-state index contributed by atoms with van der Waals surface area (Å²) < 4.78 is 0. The molecule has 0 spiro atoms. The van der Waals surface area contributed by atoms with Gasteiger partial charge < -0.3 is 0 Å². The lowest BCUT2D eigenvalue weighted by Crippen LogP contribution is -2.36. The summed E-state index contributed by atoms with van der Waals surface area (Å²) in [5.41, 5.74) is 0. The molecule has 0 amide bonds. The number of hydrogen-bond acceptors (Lipinski definition) is 3. The first-order valence-electron chi connectivity index (χ1n) is 3.35. The first-order valence-corrected chi connectivity index (χ1v) is 3.35. The van der Waals surface area contributed by atoms with Gasteiger partial charge in [0.15, 0.2) is 0 Å². The molecule has 0 saturated heterocycles. The molecule has 0 bridgehead atoms. The van der Waals surface area contributed by atoms with E-state index in [2.05, 4.69) is 23.6 Å². The highest BCUT2D eigenvalue weighted by molar-refractivity contribution is 5.85. The molecule has 0 fully saturated rings. The fourth-order valence-electron chi connectivity index (χ4n) is 0.824. The maximum Gasteiger partial charge on any atom is 0.128 e. The van der Waals surface area contributed by atoms with Gasteiger partial charge in [0.05, 0.1) is 0 Å². The van der Waals surface area contributed by atoms with Crippen LogP contribution < -0.4 is 5.90 Å². The number of hydrogen-bond donors (Lipinski definition) is 1. The third-order valence-electron chi connectivity index (χ3n) is 1.52. The monoisotopic (exact) mass is 168 g/mol. The second kappa shape index (κ2) is 7.28. The van der Waals surface area contributed by atoms with Crippen molar-refractivity contribution in [1.29, 1.82) is 0 Å². The Hall–Kier alpha value is 0.170. The fourth-order valence-corrected chi connectivity index (χ4v) is 0.824. The van der Waals surface area contributed by atoms with E-state index >= 15 is 0 Å². The van der Waals surface area contributed by atoms with Crippen LogP contribution in [-0.2, 0) is 4.84 Å². The Kier molecular flexibility index (Phi) is 9.33. The molecule has 0 aliphatic rings. The molecule has 1 unspecified atom stereocenters. The minimum atomic E-state index is 0. The summed E-state index contributed by atoms with van der Waals surface area (Å²) in [4.78, 5) is 6.74. The quantitative estimate of drug-likeness (QED) is 0.503. The highest BCUT2D eigenvalue weighted by atomic mass is 35.5. The van der Waals surface area contributed by atoms with Gasteiger partial charge in [0, 0.05) is 0 Å². The summed E-state index contributed by atoms with van der Waals surface area (Å²) in [6.07, 6.45) is 0.0417. The SMILES string of the molecule is CCN(CC)C(C)ON.Cl. The number of halogens is 1. The van der Waals surface area contributed by atoms with Crippen LogP contribution in [0.15, 0.2) is 0 Å². The van der Waals surface area contributed by atoms with E-state index < -0.39 is 0 Å². The zero-order chi connectivity index (χ0) is 7.28. The number of rotatable bonds is 4. The summed E-state index contributed by atoms with van der Waals surface area (Å²) >= 11 is 0. The summed E-state index contributed by atoms with van der Waals surface area (Å²) in [6.45, 7) is 8.06. The Morgan fingerprint density at radius 1 is 1.40 bits per heavy atom. The van der Waals surface area contributed by atoms with Gasteiger partial charge in [-0.1, -0.05) is 13.8 Å². The van der Waals surface area contributed by atoms with Crippen LogP contribution in [0.1, 0.15) is 20.8 Å². The van der Waals surface area contributed by atoms with Crippen LogP contribution in [-0.4, -0.2) is 24.2 Å². The van der Waals surface area contributed by atoms with Gasteiger partial charge in [-0.05, 0) is 20.0 Å². The van der Waals surface area contributed by atoms with Crippen LogP contribution in [0.25, 0.3) is 0 Å². The molecule has 0 aromatic rings. The van der Waals surface area contributed by atoms with E-state index in [0.29, 0.717) is 0 Å². The molecule has 10 heavy (non-hydrogen) atoms.